The van der Waals surface area contributed by atoms with Gasteiger partial charge in [-0.3, -0.25) is 9.78 Å². The summed E-state index contributed by atoms with van der Waals surface area (Å²) in [6.07, 6.45) is 5.00. The highest BCUT2D eigenvalue weighted by Crippen LogP contribution is 2.31. The quantitative estimate of drug-likeness (QED) is 0.413. The second-order valence-corrected chi connectivity index (χ2v) is 9.28. The Morgan fingerprint density at radius 3 is 2.44 bits per heavy atom. The summed E-state index contributed by atoms with van der Waals surface area (Å²) in [5, 5.41) is 0.713. The maximum absolute atomic E-state index is 12.9. The van der Waals surface area contributed by atoms with Crippen molar-refractivity contribution < 1.29 is 4.79 Å². The van der Waals surface area contributed by atoms with Gasteiger partial charge in [0.25, 0.3) is 5.91 Å². The van der Waals surface area contributed by atoms with E-state index in [9.17, 15) is 4.79 Å². The molecule has 5 heteroatoms. The van der Waals surface area contributed by atoms with Crippen molar-refractivity contribution in [2.24, 2.45) is 0 Å². The van der Waals surface area contributed by atoms with Crippen LogP contribution in [-0.4, -0.2) is 41.3 Å². The van der Waals surface area contributed by atoms with E-state index in [0.717, 1.165) is 40.9 Å². The number of amides is 1. The van der Waals surface area contributed by atoms with Crippen LogP contribution >= 0.6 is 11.6 Å². The van der Waals surface area contributed by atoms with Crippen LogP contribution < -0.4 is 0 Å². The summed E-state index contributed by atoms with van der Waals surface area (Å²) in [4.78, 5) is 21.1. The average Bonchev–Trinajstić information content (AvgIpc) is 3.15. The standard InChI is InChI=1S/C22H25ClN2O.C7H9N/c1-5-17(13-24(3)4)18-10-15(2)21-19(11-18)14-25(22(21)26)12-16-6-8-20(23)9-7-16;1-2-7-5-3-4-6-8-7/h5-11H,12-14H2,1-4H3;3-6H,2H2,1H3/b17-5+;. The maximum atomic E-state index is 12.9. The van der Waals surface area contributed by atoms with Crippen molar-refractivity contribution in [1.82, 2.24) is 14.8 Å². The molecule has 0 saturated heterocycles. The van der Waals surface area contributed by atoms with Gasteiger partial charge in [0.2, 0.25) is 0 Å². The van der Waals surface area contributed by atoms with E-state index in [-0.39, 0.29) is 5.91 Å². The molecule has 34 heavy (non-hydrogen) atoms. The van der Waals surface area contributed by atoms with Crippen LogP contribution in [0.1, 0.15) is 52.2 Å². The first-order valence-corrected chi connectivity index (χ1v) is 12.1. The van der Waals surface area contributed by atoms with Crippen molar-refractivity contribution in [2.45, 2.75) is 40.3 Å². The van der Waals surface area contributed by atoms with Gasteiger partial charge in [-0.15, -0.1) is 0 Å². The fourth-order valence-corrected chi connectivity index (χ4v) is 4.27. The number of fused-ring (bicyclic) bond motifs is 1. The minimum atomic E-state index is 0.119. The topological polar surface area (TPSA) is 36.4 Å². The molecule has 0 spiro atoms. The number of nitrogens with zero attached hydrogens (tertiary/aromatic N) is 3. The van der Waals surface area contributed by atoms with Crippen LogP contribution in [0.2, 0.25) is 5.02 Å². The summed E-state index contributed by atoms with van der Waals surface area (Å²) >= 11 is 5.96. The maximum Gasteiger partial charge on any atom is 0.255 e. The first-order chi connectivity index (χ1) is 16.3. The molecule has 1 aromatic heterocycles. The molecule has 0 bridgehead atoms. The van der Waals surface area contributed by atoms with Gasteiger partial charge < -0.3 is 9.80 Å². The molecule has 0 radical (unpaired) electrons. The lowest BCUT2D eigenvalue weighted by atomic mass is 9.96. The second-order valence-electron chi connectivity index (χ2n) is 8.84. The van der Waals surface area contributed by atoms with Crippen molar-refractivity contribution in [2.75, 3.05) is 20.6 Å². The Balaban J connectivity index is 0.000000343. The molecule has 0 atom stereocenters. The Bertz CT molecular complexity index is 1140. The molecule has 2 aromatic carbocycles. The fourth-order valence-electron chi connectivity index (χ4n) is 4.15. The molecule has 0 fully saturated rings. The summed E-state index contributed by atoms with van der Waals surface area (Å²) in [7, 11) is 4.14. The van der Waals surface area contributed by atoms with Crippen LogP contribution in [0.3, 0.4) is 0 Å². The van der Waals surface area contributed by atoms with Gasteiger partial charge in [0, 0.05) is 42.1 Å². The highest BCUT2D eigenvalue weighted by atomic mass is 35.5. The van der Waals surface area contributed by atoms with Gasteiger partial charge >= 0.3 is 0 Å². The third-order valence-electron chi connectivity index (χ3n) is 5.86. The van der Waals surface area contributed by atoms with Crippen molar-refractivity contribution >= 4 is 23.1 Å². The van der Waals surface area contributed by atoms with Crippen LogP contribution in [-0.2, 0) is 19.5 Å². The Labute approximate surface area is 208 Å². The zero-order valence-electron chi connectivity index (χ0n) is 20.8. The Kier molecular flexibility index (Phi) is 9.03. The normalized spacial score (nSPS) is 13.1. The lowest BCUT2D eigenvalue weighted by Crippen LogP contribution is -2.23. The predicted octanol–water partition coefficient (Wildman–Crippen LogP) is 6.41. The van der Waals surface area contributed by atoms with Crippen LogP contribution in [0.4, 0.5) is 0 Å². The van der Waals surface area contributed by atoms with Gasteiger partial charge in [0.1, 0.15) is 0 Å². The van der Waals surface area contributed by atoms with Crippen molar-refractivity contribution in [3.8, 4) is 0 Å². The third kappa shape index (κ3) is 6.55. The van der Waals surface area contributed by atoms with E-state index in [1.54, 1.807) is 0 Å². The molecule has 4 nitrogen and oxygen atoms in total. The van der Waals surface area contributed by atoms with Crippen LogP contribution in [0.5, 0.6) is 0 Å². The summed E-state index contributed by atoms with van der Waals surface area (Å²) in [6, 6.07) is 18.0. The van der Waals surface area contributed by atoms with Crippen LogP contribution in [0, 0.1) is 6.92 Å². The summed E-state index contributed by atoms with van der Waals surface area (Å²) in [6.45, 7) is 8.35. The van der Waals surface area contributed by atoms with E-state index >= 15 is 0 Å². The zero-order chi connectivity index (χ0) is 24.7. The summed E-state index contributed by atoms with van der Waals surface area (Å²) < 4.78 is 0. The highest BCUT2D eigenvalue weighted by molar-refractivity contribution is 6.30. The number of likely N-dealkylation sites (N-methyl/N-ethyl adjacent to an activating group) is 1. The number of carbonyl (C=O) groups excluding carboxylic acids is 1. The lowest BCUT2D eigenvalue weighted by Gasteiger charge is -2.15. The van der Waals surface area contributed by atoms with E-state index in [4.69, 9.17) is 11.6 Å². The average molecular weight is 476 g/mol. The number of pyridine rings is 1. The molecule has 2 heterocycles. The van der Waals surface area contributed by atoms with Gasteiger partial charge in [-0.2, -0.15) is 0 Å². The first-order valence-electron chi connectivity index (χ1n) is 11.7. The van der Waals surface area contributed by atoms with E-state index in [2.05, 4.69) is 56.0 Å². The van der Waals surface area contributed by atoms with Gasteiger partial charge in [-0.05, 0) is 92.5 Å². The smallest absolute Gasteiger partial charge is 0.255 e. The monoisotopic (exact) mass is 475 g/mol. The van der Waals surface area contributed by atoms with Crippen LogP contribution in [0.15, 0.2) is 66.9 Å². The first kappa shape index (κ1) is 25.7. The zero-order valence-corrected chi connectivity index (χ0v) is 21.6. The van der Waals surface area contributed by atoms with E-state index in [0.29, 0.717) is 18.1 Å². The molecule has 1 aliphatic heterocycles. The summed E-state index contributed by atoms with van der Waals surface area (Å²) in [5.41, 5.74) is 7.78. The lowest BCUT2D eigenvalue weighted by molar-refractivity contribution is 0.0766. The van der Waals surface area contributed by atoms with Crippen molar-refractivity contribution in [1.29, 1.82) is 0 Å². The molecular weight excluding hydrogens is 442 g/mol. The molecule has 1 aliphatic rings. The van der Waals surface area contributed by atoms with Crippen LogP contribution in [0.25, 0.3) is 5.57 Å². The van der Waals surface area contributed by atoms with Gasteiger partial charge in [0.15, 0.2) is 0 Å². The fraction of sp³-hybridized carbons (Fsp3) is 0.310. The molecule has 0 aliphatic carbocycles. The second kappa shape index (κ2) is 12.0. The minimum Gasteiger partial charge on any atom is -0.330 e. The number of aromatic nitrogens is 1. The number of aryl methyl sites for hydroxylation is 2. The molecule has 178 valence electrons. The number of hydrogen-bond acceptors (Lipinski definition) is 3. The molecule has 0 saturated carbocycles. The Morgan fingerprint density at radius 2 is 1.88 bits per heavy atom. The third-order valence-corrected chi connectivity index (χ3v) is 6.11. The number of carbonyl (C=O) groups is 1. The molecule has 1 amide bonds. The van der Waals surface area contributed by atoms with E-state index in [1.807, 2.05) is 60.5 Å². The molecule has 3 aromatic rings. The van der Waals surface area contributed by atoms with E-state index < -0.39 is 0 Å². The van der Waals surface area contributed by atoms with Crippen molar-refractivity contribution in [3.05, 3.63) is 105 Å². The predicted molar refractivity (Wildman–Crippen MR) is 142 cm³/mol. The Hall–Kier alpha value is -2.95. The molecule has 0 N–H and O–H groups in total. The largest absolute Gasteiger partial charge is 0.330 e. The van der Waals surface area contributed by atoms with Gasteiger partial charge in [-0.25, -0.2) is 0 Å². The number of hydrogen-bond donors (Lipinski definition) is 0. The molecule has 0 unspecified atom stereocenters. The minimum absolute atomic E-state index is 0.119. The number of rotatable bonds is 6. The van der Waals surface area contributed by atoms with Gasteiger partial charge in [-0.1, -0.05) is 48.9 Å². The summed E-state index contributed by atoms with van der Waals surface area (Å²) in [5.74, 6) is 0.119. The van der Waals surface area contributed by atoms with E-state index in [1.165, 1.54) is 11.1 Å². The van der Waals surface area contributed by atoms with Crippen molar-refractivity contribution in [3.63, 3.8) is 0 Å². The highest BCUT2D eigenvalue weighted by Gasteiger charge is 2.29. The SMILES string of the molecule is C/C=C(\CN(C)C)c1cc(C)c2c(c1)CN(Cc1ccc(Cl)cc1)C2=O.CCc1ccccn1. The Morgan fingerprint density at radius 1 is 1.15 bits per heavy atom. The number of halogens is 1. The molecular formula is C29H34ClN3O. The number of benzene rings is 2. The molecule has 4 rings (SSSR count). The van der Waals surface area contributed by atoms with Gasteiger partial charge in [0.05, 0.1) is 0 Å². The number of allylic oxidation sites excluding steroid dienone is 1.